The quantitative estimate of drug-likeness (QED) is 0.835. The van der Waals surface area contributed by atoms with E-state index < -0.39 is 0 Å². The van der Waals surface area contributed by atoms with Crippen LogP contribution in [0.3, 0.4) is 0 Å². The van der Waals surface area contributed by atoms with E-state index >= 15 is 0 Å². The van der Waals surface area contributed by atoms with Gasteiger partial charge in [-0.2, -0.15) is 0 Å². The number of carbonyl (C=O) groups is 1. The Bertz CT molecular complexity index is 724. The van der Waals surface area contributed by atoms with Crippen LogP contribution < -0.4 is 15.4 Å². The second-order valence-corrected chi connectivity index (χ2v) is 6.52. The first-order valence-corrected chi connectivity index (χ1v) is 8.41. The highest BCUT2D eigenvalue weighted by Gasteiger charge is 2.29. The molecule has 0 radical (unpaired) electrons. The molecule has 2 aromatic rings. The van der Waals surface area contributed by atoms with E-state index in [9.17, 15) is 4.79 Å². The van der Waals surface area contributed by atoms with E-state index in [-0.39, 0.29) is 24.2 Å². The van der Waals surface area contributed by atoms with Crippen LogP contribution in [0.5, 0.6) is 11.5 Å². The van der Waals surface area contributed by atoms with E-state index in [1.807, 2.05) is 63.2 Å². The lowest BCUT2D eigenvalue weighted by atomic mass is 9.88. The zero-order valence-corrected chi connectivity index (χ0v) is 15.7. The molecule has 1 amide bonds. The molecule has 5 heteroatoms. The van der Waals surface area contributed by atoms with E-state index in [4.69, 9.17) is 4.74 Å². The molecule has 4 nitrogen and oxygen atoms in total. The summed E-state index contributed by atoms with van der Waals surface area (Å²) in [6, 6.07) is 13.6. The average Bonchev–Trinajstić information content (AvgIpc) is 2.51. The number of ether oxygens (including phenoxy) is 1. The number of rotatable bonds is 5. The average molecular weight is 361 g/mol. The van der Waals surface area contributed by atoms with Gasteiger partial charge in [0, 0.05) is 5.92 Å². The summed E-state index contributed by atoms with van der Waals surface area (Å²) in [6.45, 7) is 7.85. The van der Waals surface area contributed by atoms with Crippen LogP contribution in [0.2, 0.25) is 0 Å². The Morgan fingerprint density at radius 1 is 1.12 bits per heavy atom. The molecule has 1 unspecified atom stereocenters. The molecule has 0 saturated carbocycles. The maximum atomic E-state index is 12.5. The monoisotopic (exact) mass is 360 g/mol. The molecule has 0 aliphatic carbocycles. The second kappa shape index (κ2) is 8.37. The predicted molar refractivity (Wildman–Crippen MR) is 104 cm³/mol. The summed E-state index contributed by atoms with van der Waals surface area (Å²) in [5, 5.41) is 6.24. The molecule has 3 rings (SSSR count). The standard InChI is InChI=1S/C20H24N2O2.ClH/c1-13-7-6-8-14(2)19(13)24-18-10-5-4-9-17(18)22-20(23)15(3)16-11-21-12-16;/h4-10,15-16,21H,11-12H2,1-3H3,(H,22,23);1H. The second-order valence-electron chi connectivity index (χ2n) is 6.52. The molecular weight excluding hydrogens is 336 g/mol. The Morgan fingerprint density at radius 3 is 2.36 bits per heavy atom. The minimum Gasteiger partial charge on any atom is -0.455 e. The van der Waals surface area contributed by atoms with Gasteiger partial charge in [0.15, 0.2) is 5.75 Å². The first-order valence-electron chi connectivity index (χ1n) is 8.41. The third kappa shape index (κ3) is 4.33. The van der Waals surface area contributed by atoms with Gasteiger partial charge in [0.2, 0.25) is 5.91 Å². The van der Waals surface area contributed by atoms with Crippen LogP contribution in [0.25, 0.3) is 0 Å². The highest BCUT2D eigenvalue weighted by molar-refractivity contribution is 5.94. The van der Waals surface area contributed by atoms with Crippen molar-refractivity contribution in [2.75, 3.05) is 18.4 Å². The number of amides is 1. The third-order valence-corrected chi connectivity index (χ3v) is 4.70. The summed E-state index contributed by atoms with van der Waals surface area (Å²) in [4.78, 5) is 12.5. The number of hydrogen-bond acceptors (Lipinski definition) is 3. The summed E-state index contributed by atoms with van der Waals surface area (Å²) in [5.74, 6) is 1.95. The van der Waals surface area contributed by atoms with Gasteiger partial charge in [-0.05, 0) is 56.1 Å². The van der Waals surface area contributed by atoms with Gasteiger partial charge < -0.3 is 15.4 Å². The van der Waals surface area contributed by atoms with Gasteiger partial charge in [-0.25, -0.2) is 0 Å². The molecule has 1 fully saturated rings. The first-order chi connectivity index (χ1) is 11.6. The van der Waals surface area contributed by atoms with Crippen molar-refractivity contribution in [1.29, 1.82) is 0 Å². The van der Waals surface area contributed by atoms with Crippen molar-refractivity contribution >= 4 is 24.0 Å². The molecule has 134 valence electrons. The minimum atomic E-state index is -0.0143. The maximum absolute atomic E-state index is 12.5. The zero-order valence-electron chi connectivity index (χ0n) is 14.8. The molecule has 1 aliphatic heterocycles. The normalized spacial score (nSPS) is 14.8. The van der Waals surface area contributed by atoms with E-state index in [1.165, 1.54) is 0 Å². The van der Waals surface area contributed by atoms with E-state index in [1.54, 1.807) is 0 Å². The van der Waals surface area contributed by atoms with Crippen molar-refractivity contribution in [1.82, 2.24) is 5.32 Å². The van der Waals surface area contributed by atoms with Crippen molar-refractivity contribution < 1.29 is 9.53 Å². The minimum absolute atomic E-state index is 0. The van der Waals surface area contributed by atoms with Crippen LogP contribution in [0.15, 0.2) is 42.5 Å². The topological polar surface area (TPSA) is 50.4 Å². The fraction of sp³-hybridized carbons (Fsp3) is 0.350. The number of hydrogen-bond donors (Lipinski definition) is 2. The first kappa shape index (κ1) is 19.3. The smallest absolute Gasteiger partial charge is 0.227 e. The number of benzene rings is 2. The van der Waals surface area contributed by atoms with Crippen molar-refractivity contribution in [3.8, 4) is 11.5 Å². The summed E-state index contributed by atoms with van der Waals surface area (Å²) in [5.41, 5.74) is 2.86. The molecular formula is C20H25ClN2O2. The molecule has 1 aliphatic rings. The van der Waals surface area contributed by atoms with Crippen LogP contribution in [0.1, 0.15) is 18.1 Å². The number of para-hydroxylation sites is 3. The fourth-order valence-electron chi connectivity index (χ4n) is 2.85. The van der Waals surface area contributed by atoms with Gasteiger partial charge >= 0.3 is 0 Å². The van der Waals surface area contributed by atoms with Crippen molar-refractivity contribution in [3.05, 3.63) is 53.6 Å². The molecule has 2 aromatic carbocycles. The Kier molecular flexibility index (Phi) is 6.45. The van der Waals surface area contributed by atoms with Gasteiger partial charge in [-0.3, -0.25) is 4.79 Å². The molecule has 0 aromatic heterocycles. The fourth-order valence-corrected chi connectivity index (χ4v) is 2.85. The lowest BCUT2D eigenvalue weighted by Gasteiger charge is -2.31. The molecule has 1 heterocycles. The molecule has 1 saturated heterocycles. The predicted octanol–water partition coefficient (Wildman–Crippen LogP) is 4.31. The van der Waals surface area contributed by atoms with Crippen LogP contribution >= 0.6 is 12.4 Å². The summed E-state index contributed by atoms with van der Waals surface area (Å²) >= 11 is 0. The Hall–Kier alpha value is -2.04. The summed E-state index contributed by atoms with van der Waals surface area (Å²) in [7, 11) is 0. The zero-order chi connectivity index (χ0) is 17.1. The van der Waals surface area contributed by atoms with Gasteiger partial charge in [0.25, 0.3) is 0 Å². The number of anilines is 1. The Balaban J connectivity index is 0.00000225. The Labute approximate surface area is 155 Å². The van der Waals surface area contributed by atoms with Gasteiger partial charge in [0.1, 0.15) is 5.75 Å². The highest BCUT2D eigenvalue weighted by Crippen LogP contribution is 2.33. The SMILES string of the molecule is Cc1cccc(C)c1Oc1ccccc1NC(=O)C(C)C1CNC1.Cl. The number of nitrogens with one attached hydrogen (secondary N) is 2. The number of aryl methyl sites for hydroxylation is 2. The Morgan fingerprint density at radius 2 is 1.76 bits per heavy atom. The van der Waals surface area contributed by atoms with Gasteiger partial charge in [-0.15, -0.1) is 12.4 Å². The molecule has 0 spiro atoms. The number of halogens is 1. The van der Waals surface area contributed by atoms with Crippen LogP contribution in [0.4, 0.5) is 5.69 Å². The van der Waals surface area contributed by atoms with Crippen molar-refractivity contribution in [2.24, 2.45) is 11.8 Å². The largest absolute Gasteiger partial charge is 0.455 e. The lowest BCUT2D eigenvalue weighted by Crippen LogP contribution is -2.48. The third-order valence-electron chi connectivity index (χ3n) is 4.70. The molecule has 25 heavy (non-hydrogen) atoms. The maximum Gasteiger partial charge on any atom is 0.227 e. The van der Waals surface area contributed by atoms with Crippen LogP contribution in [-0.2, 0) is 4.79 Å². The molecule has 2 N–H and O–H groups in total. The van der Waals surface area contributed by atoms with Gasteiger partial charge in [-0.1, -0.05) is 37.3 Å². The van der Waals surface area contributed by atoms with Crippen molar-refractivity contribution in [3.63, 3.8) is 0 Å². The van der Waals surface area contributed by atoms with Crippen LogP contribution in [-0.4, -0.2) is 19.0 Å². The van der Waals surface area contributed by atoms with E-state index in [2.05, 4.69) is 10.6 Å². The van der Waals surface area contributed by atoms with E-state index in [0.29, 0.717) is 17.4 Å². The van der Waals surface area contributed by atoms with Crippen molar-refractivity contribution in [2.45, 2.75) is 20.8 Å². The van der Waals surface area contributed by atoms with Gasteiger partial charge in [0.05, 0.1) is 5.69 Å². The molecule has 1 atom stereocenters. The lowest BCUT2D eigenvalue weighted by molar-refractivity contribution is -0.121. The van der Waals surface area contributed by atoms with E-state index in [0.717, 1.165) is 30.0 Å². The van der Waals surface area contributed by atoms with Crippen LogP contribution in [0, 0.1) is 25.7 Å². The summed E-state index contributed by atoms with van der Waals surface area (Å²) in [6.07, 6.45) is 0. The summed E-state index contributed by atoms with van der Waals surface area (Å²) < 4.78 is 6.13. The highest BCUT2D eigenvalue weighted by atomic mass is 35.5. The number of carbonyl (C=O) groups excluding carboxylic acids is 1. The molecule has 0 bridgehead atoms.